The highest BCUT2D eigenvalue weighted by atomic mass is 127. The smallest absolute Gasteiger partial charge is 0.303 e. The molecule has 0 heterocycles. The zero-order valence-electron chi connectivity index (χ0n) is 17.2. The van der Waals surface area contributed by atoms with Crippen LogP contribution in [0.4, 0.5) is 0 Å². The Morgan fingerprint density at radius 2 is 1.83 bits per heavy atom. The number of carbonyl (C=O) groups excluding carboxylic acids is 3. The molecule has 4 rings (SSSR count). The summed E-state index contributed by atoms with van der Waals surface area (Å²) in [7, 11) is 0. The number of carbonyl (C=O) groups is 3. The number of hydrogen-bond donors (Lipinski definition) is 0. The number of allylic oxidation sites excluding steroid dienone is 4. The summed E-state index contributed by atoms with van der Waals surface area (Å²) in [5.74, 6) is 1.13. The van der Waals surface area contributed by atoms with Crippen LogP contribution in [-0.4, -0.2) is 25.1 Å². The molecule has 0 aliphatic heterocycles. The summed E-state index contributed by atoms with van der Waals surface area (Å²) >= 11 is 4.30. The van der Waals surface area contributed by atoms with E-state index in [1.807, 2.05) is 6.08 Å². The zero-order valence-corrected chi connectivity index (χ0v) is 21.5. The average molecular weight is 622 g/mol. The van der Waals surface area contributed by atoms with E-state index in [2.05, 4.69) is 65.1 Å². The van der Waals surface area contributed by atoms with Gasteiger partial charge in [-0.05, 0) is 68.4 Å². The molecule has 4 aliphatic carbocycles. The summed E-state index contributed by atoms with van der Waals surface area (Å²) < 4.78 is 5.73. The fourth-order valence-electron chi connectivity index (χ4n) is 7.24. The Hall–Kier alpha value is -0.250. The Balaban J connectivity index is 1.72. The number of esters is 1. The molecule has 0 bridgehead atoms. The Kier molecular flexibility index (Phi) is 5.62. The van der Waals surface area contributed by atoms with Crippen LogP contribution in [0.5, 0.6) is 0 Å². The van der Waals surface area contributed by atoms with Crippen molar-refractivity contribution in [3.63, 3.8) is 0 Å². The first-order valence-corrected chi connectivity index (χ1v) is 13.0. The number of rotatable bonds is 3. The monoisotopic (exact) mass is 622 g/mol. The molecule has 0 radical (unpaired) electrons. The van der Waals surface area contributed by atoms with Crippen LogP contribution in [0.25, 0.3) is 0 Å². The van der Waals surface area contributed by atoms with Gasteiger partial charge in [0, 0.05) is 17.8 Å². The van der Waals surface area contributed by atoms with E-state index in [1.54, 1.807) is 6.08 Å². The van der Waals surface area contributed by atoms with Crippen LogP contribution in [-0.2, 0) is 19.1 Å². The lowest BCUT2D eigenvalue weighted by atomic mass is 9.47. The molecule has 6 heteroatoms. The third-order valence-corrected chi connectivity index (χ3v) is 9.72. The SMILES string of the molecule is CC(=O)O[C@@]1(C(=O)C(I)I)CC[C@H]2[C@@H]3CCC4=CC(=O)C=C[C@]4(C)[C@H]3CC[C@@]21C. The predicted molar refractivity (Wildman–Crippen MR) is 128 cm³/mol. The topological polar surface area (TPSA) is 60.4 Å². The molecule has 0 amide bonds. The molecule has 3 saturated carbocycles. The van der Waals surface area contributed by atoms with Gasteiger partial charge in [-0.15, -0.1) is 0 Å². The van der Waals surface area contributed by atoms with Crippen molar-refractivity contribution in [1.29, 1.82) is 0 Å². The third kappa shape index (κ3) is 3.12. The van der Waals surface area contributed by atoms with Gasteiger partial charge in [-0.25, -0.2) is 0 Å². The van der Waals surface area contributed by atoms with Gasteiger partial charge in [-0.2, -0.15) is 0 Å². The number of ketones is 2. The molecule has 29 heavy (non-hydrogen) atoms. The van der Waals surface area contributed by atoms with Gasteiger partial charge in [0.2, 0.25) is 0 Å². The summed E-state index contributed by atoms with van der Waals surface area (Å²) in [6, 6.07) is 0. The van der Waals surface area contributed by atoms with E-state index in [-0.39, 0.29) is 30.3 Å². The van der Waals surface area contributed by atoms with Crippen LogP contribution < -0.4 is 0 Å². The zero-order chi connectivity index (χ0) is 21.2. The fourth-order valence-corrected chi connectivity index (χ4v) is 8.25. The van der Waals surface area contributed by atoms with Crippen LogP contribution >= 0.6 is 45.2 Å². The van der Waals surface area contributed by atoms with Gasteiger partial charge in [0.25, 0.3) is 0 Å². The Morgan fingerprint density at radius 3 is 2.48 bits per heavy atom. The van der Waals surface area contributed by atoms with Crippen molar-refractivity contribution in [3.8, 4) is 0 Å². The third-order valence-electron chi connectivity index (χ3n) is 8.59. The maximum Gasteiger partial charge on any atom is 0.303 e. The lowest BCUT2D eigenvalue weighted by Crippen LogP contribution is -2.59. The number of halogens is 2. The first-order chi connectivity index (χ1) is 13.5. The van der Waals surface area contributed by atoms with Gasteiger partial charge < -0.3 is 4.74 Å². The number of alkyl halides is 2. The predicted octanol–water partition coefficient (Wildman–Crippen LogP) is 5.36. The van der Waals surface area contributed by atoms with E-state index in [0.717, 1.165) is 32.1 Å². The van der Waals surface area contributed by atoms with Crippen LogP contribution in [0.15, 0.2) is 23.8 Å². The van der Waals surface area contributed by atoms with E-state index in [4.69, 9.17) is 4.74 Å². The summed E-state index contributed by atoms with van der Waals surface area (Å²) in [6.07, 6.45) is 11.1. The maximum absolute atomic E-state index is 13.4. The van der Waals surface area contributed by atoms with Gasteiger partial charge in [0.1, 0.15) is 1.93 Å². The Bertz CT molecular complexity index is 831. The van der Waals surface area contributed by atoms with Crippen molar-refractivity contribution < 1.29 is 19.1 Å². The molecule has 0 unspecified atom stereocenters. The standard InChI is InChI=1S/C23H28I2O4/c1-13(26)29-23(19(28)20(24)25)11-8-18-16-5-4-14-12-15(27)6-9-21(14,2)17(16)7-10-22(18,23)3/h6,9,12,16-18,20H,4-5,7-8,10-11H2,1-3H3/t16-,17+,18+,21+,22+,23-/m1/s1. The molecule has 0 spiro atoms. The molecule has 4 aliphatic rings. The highest BCUT2D eigenvalue weighted by Crippen LogP contribution is 2.68. The number of Topliss-reactive ketones (excluding diaryl/α,β-unsaturated/α-hetero) is 1. The summed E-state index contributed by atoms with van der Waals surface area (Å²) in [5, 5.41) is 0. The molecule has 0 aromatic carbocycles. The summed E-state index contributed by atoms with van der Waals surface area (Å²) in [4.78, 5) is 37.4. The molecular formula is C23H28I2O4. The normalized spacial score (nSPS) is 43.3. The van der Waals surface area contributed by atoms with E-state index in [0.29, 0.717) is 24.2 Å². The molecule has 0 N–H and O–H groups in total. The highest BCUT2D eigenvalue weighted by Gasteiger charge is 2.68. The Labute approximate surface area is 199 Å². The number of ether oxygens (including phenoxy) is 1. The minimum Gasteiger partial charge on any atom is -0.451 e. The van der Waals surface area contributed by atoms with Crippen molar-refractivity contribution >= 4 is 62.7 Å². The summed E-state index contributed by atoms with van der Waals surface area (Å²) in [5.41, 5.74) is -0.118. The average Bonchev–Trinajstić information content (AvgIpc) is 2.94. The number of fused-ring (bicyclic) bond motifs is 5. The van der Waals surface area contributed by atoms with Gasteiger partial charge in [-0.1, -0.05) is 70.7 Å². The van der Waals surface area contributed by atoms with Gasteiger partial charge in [-0.3, -0.25) is 14.4 Å². The van der Waals surface area contributed by atoms with Crippen LogP contribution in [0.1, 0.15) is 59.3 Å². The molecular weight excluding hydrogens is 594 g/mol. The first-order valence-electron chi connectivity index (χ1n) is 10.5. The van der Waals surface area contributed by atoms with Crippen molar-refractivity contribution in [1.82, 2.24) is 0 Å². The Morgan fingerprint density at radius 1 is 1.14 bits per heavy atom. The molecule has 3 fully saturated rings. The minimum absolute atomic E-state index is 0.0584. The van der Waals surface area contributed by atoms with Crippen molar-refractivity contribution in [2.45, 2.75) is 66.8 Å². The maximum atomic E-state index is 13.4. The quantitative estimate of drug-likeness (QED) is 0.242. The van der Waals surface area contributed by atoms with Crippen LogP contribution in [0.2, 0.25) is 0 Å². The van der Waals surface area contributed by atoms with Crippen molar-refractivity contribution in [2.75, 3.05) is 0 Å². The van der Waals surface area contributed by atoms with E-state index < -0.39 is 5.60 Å². The van der Waals surface area contributed by atoms with Crippen LogP contribution in [0, 0.1) is 28.6 Å². The molecule has 0 aromatic rings. The summed E-state index contributed by atoms with van der Waals surface area (Å²) in [6.45, 7) is 5.91. The molecule has 4 nitrogen and oxygen atoms in total. The second-order valence-corrected chi connectivity index (χ2v) is 14.6. The van der Waals surface area contributed by atoms with Gasteiger partial charge >= 0.3 is 5.97 Å². The molecule has 158 valence electrons. The second-order valence-electron chi connectivity index (χ2n) is 9.68. The lowest BCUT2D eigenvalue weighted by Gasteiger charge is -2.58. The largest absolute Gasteiger partial charge is 0.451 e. The number of hydrogen-bond acceptors (Lipinski definition) is 4. The van der Waals surface area contributed by atoms with Gasteiger partial charge in [0.05, 0.1) is 0 Å². The minimum atomic E-state index is -1.00. The van der Waals surface area contributed by atoms with Crippen molar-refractivity contribution in [3.05, 3.63) is 23.8 Å². The molecule has 0 aromatic heterocycles. The van der Waals surface area contributed by atoms with Crippen molar-refractivity contribution in [2.24, 2.45) is 28.6 Å². The highest BCUT2D eigenvalue weighted by molar-refractivity contribution is 14.2. The molecule has 6 atom stereocenters. The van der Waals surface area contributed by atoms with Gasteiger partial charge in [0.15, 0.2) is 17.2 Å². The van der Waals surface area contributed by atoms with E-state index in [9.17, 15) is 14.4 Å². The fraction of sp³-hybridized carbons (Fsp3) is 0.696. The second kappa shape index (κ2) is 7.41. The first kappa shape index (κ1) is 22.0. The van der Waals surface area contributed by atoms with E-state index in [1.165, 1.54) is 12.5 Å². The molecule has 0 saturated heterocycles. The van der Waals surface area contributed by atoms with Crippen LogP contribution in [0.3, 0.4) is 0 Å². The van der Waals surface area contributed by atoms with E-state index >= 15 is 0 Å². The lowest BCUT2D eigenvalue weighted by molar-refractivity contribution is -0.186.